The third-order valence-electron chi connectivity index (χ3n) is 5.77. The van der Waals surface area contributed by atoms with E-state index in [0.717, 1.165) is 24.1 Å². The SMILES string of the molecule is COc1cc2c(cc1OC)C(COc1ccc(F)cc1)N(C(=S)NCc1ccccc1)CC2. The lowest BCUT2D eigenvalue weighted by atomic mass is 9.92. The number of hydrogen-bond acceptors (Lipinski definition) is 4. The molecule has 0 aliphatic carbocycles. The molecule has 1 atom stereocenters. The molecule has 0 bridgehead atoms. The van der Waals surface area contributed by atoms with E-state index in [1.165, 1.54) is 17.7 Å². The number of thiocarbonyl (C=S) groups is 1. The van der Waals surface area contributed by atoms with Crippen molar-refractivity contribution in [3.63, 3.8) is 0 Å². The van der Waals surface area contributed by atoms with E-state index in [1.54, 1.807) is 26.4 Å². The minimum atomic E-state index is -0.296. The molecular formula is C26H27FN2O3S. The second kappa shape index (κ2) is 10.5. The van der Waals surface area contributed by atoms with Gasteiger partial charge in [0.15, 0.2) is 16.6 Å². The summed E-state index contributed by atoms with van der Waals surface area (Å²) >= 11 is 5.79. The molecule has 3 aromatic rings. The molecule has 7 heteroatoms. The number of hydrogen-bond donors (Lipinski definition) is 1. The number of ether oxygens (including phenoxy) is 3. The van der Waals surface area contributed by atoms with E-state index in [0.29, 0.717) is 35.5 Å². The molecular weight excluding hydrogens is 439 g/mol. The van der Waals surface area contributed by atoms with Crippen LogP contribution in [0.15, 0.2) is 66.7 Å². The van der Waals surface area contributed by atoms with Gasteiger partial charge in [0, 0.05) is 13.1 Å². The van der Waals surface area contributed by atoms with Crippen molar-refractivity contribution in [1.82, 2.24) is 10.2 Å². The Morgan fingerprint density at radius 3 is 2.42 bits per heavy atom. The van der Waals surface area contributed by atoms with Gasteiger partial charge in [-0.25, -0.2) is 4.39 Å². The molecule has 1 aliphatic rings. The van der Waals surface area contributed by atoms with E-state index in [-0.39, 0.29) is 11.9 Å². The number of methoxy groups -OCH3 is 2. The van der Waals surface area contributed by atoms with Crippen LogP contribution in [0.3, 0.4) is 0 Å². The summed E-state index contributed by atoms with van der Waals surface area (Å²) in [6, 6.07) is 20.1. The Morgan fingerprint density at radius 1 is 1.03 bits per heavy atom. The largest absolute Gasteiger partial charge is 0.493 e. The first kappa shape index (κ1) is 22.9. The van der Waals surface area contributed by atoms with Crippen molar-refractivity contribution in [2.45, 2.75) is 19.0 Å². The van der Waals surface area contributed by atoms with Crippen LogP contribution >= 0.6 is 12.2 Å². The molecule has 0 saturated carbocycles. The fourth-order valence-corrected chi connectivity index (χ4v) is 4.32. The molecule has 0 aromatic heterocycles. The highest BCUT2D eigenvalue weighted by Crippen LogP contribution is 2.38. The number of nitrogens with one attached hydrogen (secondary N) is 1. The van der Waals surface area contributed by atoms with Crippen molar-refractivity contribution >= 4 is 17.3 Å². The lowest BCUT2D eigenvalue weighted by molar-refractivity contribution is 0.187. The van der Waals surface area contributed by atoms with Crippen LogP contribution in [0.4, 0.5) is 4.39 Å². The standard InChI is InChI=1S/C26H27FN2O3S/c1-30-24-14-19-12-13-29(26(33)28-16-18-6-4-3-5-7-18)23(22(19)15-25(24)31-2)17-32-21-10-8-20(27)9-11-21/h3-11,14-15,23H,12-13,16-17H2,1-2H3,(H,28,33). The summed E-state index contributed by atoms with van der Waals surface area (Å²) in [7, 11) is 3.26. The summed E-state index contributed by atoms with van der Waals surface area (Å²) in [5.41, 5.74) is 3.40. The van der Waals surface area contributed by atoms with E-state index in [2.05, 4.69) is 22.3 Å². The summed E-state index contributed by atoms with van der Waals surface area (Å²) in [5, 5.41) is 4.04. The molecule has 5 nitrogen and oxygen atoms in total. The fourth-order valence-electron chi connectivity index (χ4n) is 4.03. The first-order chi connectivity index (χ1) is 16.1. The molecule has 1 N–H and O–H groups in total. The Hall–Kier alpha value is -3.32. The van der Waals surface area contributed by atoms with Crippen LogP contribution in [0.1, 0.15) is 22.7 Å². The van der Waals surface area contributed by atoms with Crippen molar-refractivity contribution in [3.8, 4) is 17.2 Å². The van der Waals surface area contributed by atoms with Gasteiger partial charge in [0.05, 0.1) is 20.3 Å². The molecule has 1 aliphatic heterocycles. The van der Waals surface area contributed by atoms with Crippen LogP contribution in [-0.4, -0.2) is 37.4 Å². The Labute approximate surface area is 199 Å². The summed E-state index contributed by atoms with van der Waals surface area (Å²) in [6.45, 7) is 1.72. The minimum Gasteiger partial charge on any atom is -0.493 e. The predicted molar refractivity (Wildman–Crippen MR) is 130 cm³/mol. The highest BCUT2D eigenvalue weighted by Gasteiger charge is 2.31. The molecule has 0 fully saturated rings. The number of nitrogens with zero attached hydrogens (tertiary/aromatic N) is 1. The van der Waals surface area contributed by atoms with E-state index >= 15 is 0 Å². The van der Waals surface area contributed by atoms with Gasteiger partial charge in [-0.1, -0.05) is 30.3 Å². The summed E-state index contributed by atoms with van der Waals surface area (Å²) in [5.74, 6) is 1.67. The molecule has 4 rings (SSSR count). The minimum absolute atomic E-state index is 0.144. The second-order valence-corrected chi connectivity index (χ2v) is 8.16. The van der Waals surface area contributed by atoms with E-state index in [4.69, 9.17) is 26.4 Å². The first-order valence-corrected chi connectivity index (χ1v) is 11.2. The molecule has 0 amide bonds. The highest BCUT2D eigenvalue weighted by atomic mass is 32.1. The van der Waals surface area contributed by atoms with Gasteiger partial charge in [-0.05, 0) is 71.7 Å². The van der Waals surface area contributed by atoms with Crippen molar-refractivity contribution in [2.75, 3.05) is 27.4 Å². The zero-order chi connectivity index (χ0) is 23.2. The zero-order valence-electron chi connectivity index (χ0n) is 18.7. The lowest BCUT2D eigenvalue weighted by Gasteiger charge is -2.39. The van der Waals surface area contributed by atoms with Crippen LogP contribution in [0.5, 0.6) is 17.2 Å². The molecule has 0 spiro atoms. The average molecular weight is 467 g/mol. The van der Waals surface area contributed by atoms with Crippen molar-refractivity contribution in [3.05, 3.63) is 89.2 Å². The van der Waals surface area contributed by atoms with Crippen LogP contribution in [-0.2, 0) is 13.0 Å². The molecule has 1 heterocycles. The third-order valence-corrected chi connectivity index (χ3v) is 6.15. The van der Waals surface area contributed by atoms with Crippen LogP contribution in [0.25, 0.3) is 0 Å². The zero-order valence-corrected chi connectivity index (χ0v) is 19.5. The van der Waals surface area contributed by atoms with Crippen molar-refractivity contribution < 1.29 is 18.6 Å². The molecule has 172 valence electrons. The Balaban J connectivity index is 1.59. The maximum absolute atomic E-state index is 13.3. The number of benzene rings is 3. The lowest BCUT2D eigenvalue weighted by Crippen LogP contribution is -2.47. The van der Waals surface area contributed by atoms with E-state index < -0.39 is 0 Å². The van der Waals surface area contributed by atoms with Gasteiger partial charge in [-0.15, -0.1) is 0 Å². The molecule has 33 heavy (non-hydrogen) atoms. The van der Waals surface area contributed by atoms with Crippen molar-refractivity contribution in [1.29, 1.82) is 0 Å². The monoisotopic (exact) mass is 466 g/mol. The normalized spacial score (nSPS) is 14.9. The summed E-state index contributed by atoms with van der Waals surface area (Å²) in [4.78, 5) is 2.15. The van der Waals surface area contributed by atoms with Gasteiger partial charge >= 0.3 is 0 Å². The van der Waals surface area contributed by atoms with Gasteiger partial charge in [-0.2, -0.15) is 0 Å². The second-order valence-electron chi connectivity index (χ2n) is 7.77. The first-order valence-electron chi connectivity index (χ1n) is 10.8. The maximum atomic E-state index is 13.3. The summed E-state index contributed by atoms with van der Waals surface area (Å²) < 4.78 is 30.4. The predicted octanol–water partition coefficient (Wildman–Crippen LogP) is 4.90. The fraction of sp³-hybridized carbons (Fsp3) is 0.269. The van der Waals surface area contributed by atoms with Gasteiger partial charge < -0.3 is 24.4 Å². The van der Waals surface area contributed by atoms with Gasteiger partial charge in [0.2, 0.25) is 0 Å². The van der Waals surface area contributed by atoms with Gasteiger partial charge in [0.25, 0.3) is 0 Å². The van der Waals surface area contributed by atoms with Crippen molar-refractivity contribution in [2.24, 2.45) is 0 Å². The Kier molecular flexibility index (Phi) is 7.29. The molecule has 0 radical (unpaired) electrons. The third kappa shape index (κ3) is 5.37. The quantitative estimate of drug-likeness (QED) is 0.500. The van der Waals surface area contributed by atoms with E-state index in [9.17, 15) is 4.39 Å². The number of fused-ring (bicyclic) bond motifs is 1. The van der Waals surface area contributed by atoms with Crippen LogP contribution in [0, 0.1) is 5.82 Å². The van der Waals surface area contributed by atoms with Crippen LogP contribution < -0.4 is 19.5 Å². The molecule has 3 aromatic carbocycles. The van der Waals surface area contributed by atoms with Gasteiger partial charge in [-0.3, -0.25) is 0 Å². The molecule has 1 unspecified atom stereocenters. The average Bonchev–Trinajstić information content (AvgIpc) is 2.86. The molecule has 0 saturated heterocycles. The number of rotatable bonds is 7. The summed E-state index contributed by atoms with van der Waals surface area (Å²) in [6.07, 6.45) is 0.815. The topological polar surface area (TPSA) is 43.0 Å². The Morgan fingerprint density at radius 2 is 1.73 bits per heavy atom. The Bertz CT molecular complexity index is 1090. The van der Waals surface area contributed by atoms with E-state index in [1.807, 2.05) is 30.3 Å². The van der Waals surface area contributed by atoms with Crippen LogP contribution in [0.2, 0.25) is 0 Å². The maximum Gasteiger partial charge on any atom is 0.169 e. The number of halogens is 1. The smallest absolute Gasteiger partial charge is 0.169 e. The highest BCUT2D eigenvalue weighted by molar-refractivity contribution is 7.80. The van der Waals surface area contributed by atoms with Gasteiger partial charge in [0.1, 0.15) is 18.2 Å².